The van der Waals surface area contributed by atoms with Crippen molar-refractivity contribution < 1.29 is 13.2 Å². The fourth-order valence-corrected chi connectivity index (χ4v) is 6.35. The van der Waals surface area contributed by atoms with E-state index in [1.54, 1.807) is 0 Å². The van der Waals surface area contributed by atoms with E-state index in [2.05, 4.69) is 21.2 Å². The first-order valence-electron chi connectivity index (χ1n) is 11.5. The number of nitrogens with zero attached hydrogens (tertiary/aromatic N) is 1. The van der Waals surface area contributed by atoms with Gasteiger partial charge < -0.3 is 5.32 Å². The fraction of sp³-hybridized carbons (Fsp3) is 0.296. The van der Waals surface area contributed by atoms with Crippen molar-refractivity contribution in [1.29, 1.82) is 0 Å². The maximum absolute atomic E-state index is 13.2. The number of hydrogen-bond donors (Lipinski definition) is 1. The lowest BCUT2D eigenvalue weighted by atomic mass is 9.94. The molecule has 5 nitrogen and oxygen atoms in total. The number of halogens is 1. The zero-order valence-electron chi connectivity index (χ0n) is 19.2. The van der Waals surface area contributed by atoms with Gasteiger partial charge in [-0.15, -0.1) is 0 Å². The number of nitrogens with one attached hydrogen (secondary N) is 1. The van der Waals surface area contributed by atoms with Crippen molar-refractivity contribution in [3.05, 3.63) is 106 Å². The van der Waals surface area contributed by atoms with Crippen LogP contribution in [0.2, 0.25) is 0 Å². The summed E-state index contributed by atoms with van der Waals surface area (Å²) in [6.45, 7) is 2.75. The van der Waals surface area contributed by atoms with Gasteiger partial charge in [-0.2, -0.15) is 0 Å². The average Bonchev–Trinajstić information content (AvgIpc) is 2.83. The second kappa shape index (κ2) is 10.8. The molecule has 0 unspecified atom stereocenters. The quantitative estimate of drug-likeness (QED) is 0.447. The van der Waals surface area contributed by atoms with Crippen LogP contribution in [0.5, 0.6) is 0 Å². The Morgan fingerprint density at radius 2 is 1.62 bits per heavy atom. The minimum absolute atomic E-state index is 0.0292. The van der Waals surface area contributed by atoms with Gasteiger partial charge in [0.15, 0.2) is 0 Å². The summed E-state index contributed by atoms with van der Waals surface area (Å²) in [7, 11) is -3.43. The molecule has 3 aromatic rings. The highest BCUT2D eigenvalue weighted by Crippen LogP contribution is 2.26. The Hall–Kier alpha value is -2.48. The summed E-state index contributed by atoms with van der Waals surface area (Å²) in [5.74, 6) is -0.278. The van der Waals surface area contributed by atoms with Crippen LogP contribution in [0.25, 0.3) is 0 Å². The van der Waals surface area contributed by atoms with Gasteiger partial charge in [0.05, 0.1) is 11.8 Å². The van der Waals surface area contributed by atoms with Crippen LogP contribution < -0.4 is 5.32 Å². The van der Waals surface area contributed by atoms with E-state index >= 15 is 0 Å². The van der Waals surface area contributed by atoms with Crippen LogP contribution in [0.3, 0.4) is 0 Å². The van der Waals surface area contributed by atoms with Crippen LogP contribution >= 0.6 is 15.9 Å². The van der Waals surface area contributed by atoms with Gasteiger partial charge in [0.25, 0.3) is 0 Å². The number of benzene rings is 3. The van der Waals surface area contributed by atoms with Gasteiger partial charge in [-0.05, 0) is 48.6 Å². The van der Waals surface area contributed by atoms with Crippen LogP contribution in [0.4, 0.5) is 0 Å². The van der Waals surface area contributed by atoms with Crippen molar-refractivity contribution in [2.45, 2.75) is 31.6 Å². The molecule has 1 N–H and O–H groups in total. The number of carbonyl (C=O) groups excluding carboxylic acids is 1. The predicted molar refractivity (Wildman–Crippen MR) is 139 cm³/mol. The smallest absolute Gasteiger partial charge is 0.223 e. The molecule has 4 rings (SSSR count). The number of rotatable bonds is 7. The number of carbonyl (C=O) groups is 1. The van der Waals surface area contributed by atoms with Gasteiger partial charge in [-0.1, -0.05) is 88.2 Å². The Morgan fingerprint density at radius 1 is 0.971 bits per heavy atom. The molecule has 0 aromatic heterocycles. The second-order valence-corrected chi connectivity index (χ2v) is 11.7. The number of aryl methyl sites for hydroxylation is 1. The third-order valence-corrected chi connectivity index (χ3v) is 8.63. The number of hydrogen-bond acceptors (Lipinski definition) is 3. The molecule has 0 bridgehead atoms. The molecule has 0 saturated carbocycles. The van der Waals surface area contributed by atoms with Gasteiger partial charge in [-0.25, -0.2) is 12.7 Å². The summed E-state index contributed by atoms with van der Waals surface area (Å²) in [5.41, 5.74) is 3.96. The zero-order chi connectivity index (χ0) is 24.1. The summed E-state index contributed by atoms with van der Waals surface area (Å²) in [5, 5.41) is 3.23. The van der Waals surface area contributed by atoms with Gasteiger partial charge in [-0.3, -0.25) is 4.79 Å². The largest absolute Gasteiger partial charge is 0.345 e. The van der Waals surface area contributed by atoms with Gasteiger partial charge in [0, 0.05) is 23.5 Å². The average molecular weight is 542 g/mol. The van der Waals surface area contributed by atoms with Crippen LogP contribution in [0.15, 0.2) is 83.3 Å². The Kier molecular flexibility index (Phi) is 7.86. The third-order valence-electron chi connectivity index (χ3n) is 6.29. The number of piperidine rings is 1. The summed E-state index contributed by atoms with van der Waals surface area (Å²) in [6.07, 6.45) is 1.03. The topological polar surface area (TPSA) is 66.5 Å². The Balaban J connectivity index is 1.41. The van der Waals surface area contributed by atoms with Crippen molar-refractivity contribution in [2.24, 2.45) is 5.92 Å². The van der Waals surface area contributed by atoms with E-state index in [0.29, 0.717) is 25.9 Å². The highest BCUT2D eigenvalue weighted by Gasteiger charge is 2.32. The lowest BCUT2D eigenvalue weighted by Gasteiger charge is -2.31. The van der Waals surface area contributed by atoms with E-state index in [1.165, 1.54) is 9.87 Å². The maximum Gasteiger partial charge on any atom is 0.223 e. The van der Waals surface area contributed by atoms with Crippen molar-refractivity contribution in [3.63, 3.8) is 0 Å². The molecule has 1 fully saturated rings. The summed E-state index contributed by atoms with van der Waals surface area (Å²) < 4.78 is 28.2. The molecule has 34 heavy (non-hydrogen) atoms. The molecule has 0 radical (unpaired) electrons. The van der Waals surface area contributed by atoms with Crippen LogP contribution in [0, 0.1) is 12.8 Å². The molecule has 1 atom stereocenters. The van der Waals surface area contributed by atoms with Crippen molar-refractivity contribution in [2.75, 3.05) is 13.1 Å². The minimum Gasteiger partial charge on any atom is -0.345 e. The SMILES string of the molecule is Cc1ccc([C@@H](NC(=O)C2CCN(S(=O)(=O)Cc3cccc(Br)c3)CC2)c2ccccc2)cc1. The Labute approximate surface area is 210 Å². The third kappa shape index (κ3) is 6.14. The second-order valence-electron chi connectivity index (χ2n) is 8.82. The lowest BCUT2D eigenvalue weighted by Crippen LogP contribution is -2.44. The van der Waals surface area contributed by atoms with E-state index in [0.717, 1.165) is 21.2 Å². The van der Waals surface area contributed by atoms with E-state index in [-0.39, 0.29) is 23.6 Å². The monoisotopic (exact) mass is 540 g/mol. The van der Waals surface area contributed by atoms with E-state index in [4.69, 9.17) is 0 Å². The molecule has 1 heterocycles. The molecule has 1 amide bonds. The maximum atomic E-state index is 13.2. The molecular weight excluding hydrogens is 512 g/mol. The van der Waals surface area contributed by atoms with E-state index < -0.39 is 10.0 Å². The molecule has 0 spiro atoms. The molecule has 1 aliphatic rings. The first-order valence-corrected chi connectivity index (χ1v) is 13.9. The molecule has 3 aromatic carbocycles. The molecule has 178 valence electrons. The lowest BCUT2D eigenvalue weighted by molar-refractivity contribution is -0.126. The van der Waals surface area contributed by atoms with E-state index in [1.807, 2.05) is 85.8 Å². The highest BCUT2D eigenvalue weighted by atomic mass is 79.9. The van der Waals surface area contributed by atoms with E-state index in [9.17, 15) is 13.2 Å². The zero-order valence-corrected chi connectivity index (χ0v) is 21.6. The molecule has 1 aliphatic heterocycles. The number of sulfonamides is 1. The molecule has 0 aliphatic carbocycles. The van der Waals surface area contributed by atoms with Crippen molar-refractivity contribution in [1.82, 2.24) is 9.62 Å². The Bertz CT molecular complexity index is 1220. The van der Waals surface area contributed by atoms with Gasteiger partial charge in [0.1, 0.15) is 0 Å². The predicted octanol–water partition coefficient (Wildman–Crippen LogP) is 5.21. The van der Waals surface area contributed by atoms with Crippen molar-refractivity contribution in [3.8, 4) is 0 Å². The summed E-state index contributed by atoms with van der Waals surface area (Å²) in [6, 6.07) is 25.2. The normalized spacial score (nSPS) is 16.2. The fourth-order valence-electron chi connectivity index (χ4n) is 4.35. The molecular formula is C27H29BrN2O3S. The summed E-state index contributed by atoms with van der Waals surface area (Å²) >= 11 is 3.39. The summed E-state index contributed by atoms with van der Waals surface area (Å²) in [4.78, 5) is 13.2. The molecule has 1 saturated heterocycles. The first kappa shape index (κ1) is 24.6. The minimum atomic E-state index is -3.43. The van der Waals surface area contributed by atoms with Crippen LogP contribution in [-0.4, -0.2) is 31.7 Å². The van der Waals surface area contributed by atoms with Gasteiger partial charge >= 0.3 is 0 Å². The first-order chi connectivity index (χ1) is 16.3. The van der Waals surface area contributed by atoms with Crippen molar-refractivity contribution >= 4 is 31.9 Å². The Morgan fingerprint density at radius 3 is 2.26 bits per heavy atom. The standard InChI is InChI=1S/C27H29BrN2O3S/c1-20-10-12-23(13-11-20)26(22-7-3-2-4-8-22)29-27(31)24-14-16-30(17-15-24)34(32,33)19-21-6-5-9-25(28)18-21/h2-13,18,24,26H,14-17,19H2,1H3,(H,29,31)/t26-/m0/s1. The highest BCUT2D eigenvalue weighted by molar-refractivity contribution is 9.10. The van der Waals surface area contributed by atoms with Crippen LogP contribution in [-0.2, 0) is 20.6 Å². The number of amides is 1. The van der Waals surface area contributed by atoms with Gasteiger partial charge in [0.2, 0.25) is 15.9 Å². The van der Waals surface area contributed by atoms with Crippen LogP contribution in [0.1, 0.15) is 41.1 Å². The molecule has 7 heteroatoms.